The van der Waals surface area contributed by atoms with Gasteiger partial charge >= 0.3 is 0 Å². The average Bonchev–Trinajstić information content (AvgIpc) is 2.41. The first kappa shape index (κ1) is 13.2. The SMILES string of the molecule is COc1ccccc1S(=O)(=O)Nc1ccc(N)nc1. The van der Waals surface area contributed by atoms with E-state index in [0.717, 1.165) is 0 Å². The van der Waals surface area contributed by atoms with Crippen LogP contribution in [0.1, 0.15) is 0 Å². The topological polar surface area (TPSA) is 94.3 Å². The second-order valence-corrected chi connectivity index (χ2v) is 5.38. The number of aromatic nitrogens is 1. The van der Waals surface area contributed by atoms with Crippen LogP contribution in [0.5, 0.6) is 5.75 Å². The van der Waals surface area contributed by atoms with E-state index in [4.69, 9.17) is 10.5 Å². The van der Waals surface area contributed by atoms with Crippen molar-refractivity contribution < 1.29 is 13.2 Å². The Hall–Kier alpha value is -2.28. The molecule has 0 aliphatic carbocycles. The van der Waals surface area contributed by atoms with Crippen LogP contribution in [0.4, 0.5) is 11.5 Å². The summed E-state index contributed by atoms with van der Waals surface area (Å²) in [4.78, 5) is 3.88. The molecule has 0 atom stereocenters. The number of sulfonamides is 1. The summed E-state index contributed by atoms with van der Waals surface area (Å²) >= 11 is 0. The van der Waals surface area contributed by atoms with Gasteiger partial charge in [0, 0.05) is 0 Å². The Labute approximate surface area is 111 Å². The van der Waals surface area contributed by atoms with Crippen LogP contribution in [0.25, 0.3) is 0 Å². The van der Waals surface area contributed by atoms with Crippen molar-refractivity contribution in [1.29, 1.82) is 0 Å². The molecule has 1 heterocycles. The van der Waals surface area contributed by atoms with Crippen molar-refractivity contribution in [2.24, 2.45) is 0 Å². The Kier molecular flexibility index (Phi) is 3.57. The molecule has 2 aromatic rings. The summed E-state index contributed by atoms with van der Waals surface area (Å²) < 4.78 is 31.9. The second-order valence-electron chi connectivity index (χ2n) is 3.73. The molecule has 0 radical (unpaired) electrons. The first-order chi connectivity index (χ1) is 9.03. The number of anilines is 2. The van der Waals surface area contributed by atoms with Crippen molar-refractivity contribution >= 4 is 21.5 Å². The minimum absolute atomic E-state index is 0.0642. The van der Waals surface area contributed by atoms with Gasteiger partial charge in [0.15, 0.2) is 0 Å². The number of nitrogens with zero attached hydrogens (tertiary/aromatic N) is 1. The van der Waals surface area contributed by atoms with E-state index in [9.17, 15) is 8.42 Å². The molecule has 0 amide bonds. The molecule has 0 bridgehead atoms. The summed E-state index contributed by atoms with van der Waals surface area (Å²) in [5.74, 6) is 0.596. The summed E-state index contributed by atoms with van der Waals surface area (Å²) in [7, 11) is -2.31. The molecule has 19 heavy (non-hydrogen) atoms. The standard InChI is InChI=1S/C12H13N3O3S/c1-18-10-4-2-3-5-11(10)19(16,17)15-9-6-7-12(13)14-8-9/h2-8,15H,1H3,(H2,13,14). The number of pyridine rings is 1. The Balaban J connectivity index is 2.35. The maximum Gasteiger partial charge on any atom is 0.265 e. The lowest BCUT2D eigenvalue weighted by molar-refractivity contribution is 0.403. The third-order valence-electron chi connectivity index (χ3n) is 2.40. The largest absolute Gasteiger partial charge is 0.495 e. The van der Waals surface area contributed by atoms with Gasteiger partial charge < -0.3 is 10.5 Å². The maximum atomic E-state index is 12.2. The molecule has 1 aromatic carbocycles. The first-order valence-corrected chi connectivity index (χ1v) is 6.88. The van der Waals surface area contributed by atoms with Crippen molar-refractivity contribution in [2.45, 2.75) is 4.90 Å². The zero-order valence-electron chi connectivity index (χ0n) is 10.2. The van der Waals surface area contributed by atoms with E-state index in [1.165, 1.54) is 31.5 Å². The summed E-state index contributed by atoms with van der Waals surface area (Å²) in [6.07, 6.45) is 1.35. The van der Waals surface area contributed by atoms with Gasteiger partial charge in [-0.1, -0.05) is 12.1 Å². The van der Waals surface area contributed by atoms with Gasteiger partial charge in [0.2, 0.25) is 0 Å². The third-order valence-corrected chi connectivity index (χ3v) is 3.82. The summed E-state index contributed by atoms with van der Waals surface area (Å²) in [6, 6.07) is 9.41. The summed E-state index contributed by atoms with van der Waals surface area (Å²) in [6.45, 7) is 0. The molecular weight excluding hydrogens is 266 g/mol. The lowest BCUT2D eigenvalue weighted by atomic mass is 10.3. The summed E-state index contributed by atoms with van der Waals surface area (Å²) in [5, 5.41) is 0. The summed E-state index contributed by atoms with van der Waals surface area (Å²) in [5.41, 5.74) is 5.77. The van der Waals surface area contributed by atoms with E-state index < -0.39 is 10.0 Å². The fraction of sp³-hybridized carbons (Fsp3) is 0.0833. The Morgan fingerprint density at radius 1 is 1.21 bits per heavy atom. The highest BCUT2D eigenvalue weighted by Gasteiger charge is 2.18. The van der Waals surface area contributed by atoms with E-state index in [1.54, 1.807) is 18.2 Å². The number of rotatable bonds is 4. The van der Waals surface area contributed by atoms with Crippen LogP contribution in [-0.2, 0) is 10.0 Å². The second kappa shape index (κ2) is 5.15. The zero-order valence-corrected chi connectivity index (χ0v) is 11.0. The number of ether oxygens (including phenoxy) is 1. The number of para-hydroxylation sites is 1. The van der Waals surface area contributed by atoms with Gasteiger partial charge in [0.05, 0.1) is 19.0 Å². The first-order valence-electron chi connectivity index (χ1n) is 5.40. The molecule has 100 valence electrons. The quantitative estimate of drug-likeness (QED) is 0.883. The van der Waals surface area contributed by atoms with E-state index in [0.29, 0.717) is 11.5 Å². The molecule has 3 N–H and O–H groups in total. The lowest BCUT2D eigenvalue weighted by Crippen LogP contribution is -2.14. The Morgan fingerprint density at radius 2 is 1.95 bits per heavy atom. The van der Waals surface area contributed by atoms with Gasteiger partial charge in [-0.15, -0.1) is 0 Å². The van der Waals surface area contributed by atoms with Gasteiger partial charge in [0.1, 0.15) is 16.5 Å². The van der Waals surface area contributed by atoms with Crippen molar-refractivity contribution in [3.8, 4) is 5.75 Å². The minimum Gasteiger partial charge on any atom is -0.495 e. The highest BCUT2D eigenvalue weighted by molar-refractivity contribution is 7.92. The van der Waals surface area contributed by atoms with Crippen LogP contribution in [-0.4, -0.2) is 20.5 Å². The number of methoxy groups -OCH3 is 1. The molecule has 0 saturated carbocycles. The van der Waals surface area contributed by atoms with Crippen LogP contribution in [0.3, 0.4) is 0 Å². The maximum absolute atomic E-state index is 12.2. The van der Waals surface area contributed by atoms with E-state index in [1.807, 2.05) is 0 Å². The van der Waals surface area contributed by atoms with Crippen LogP contribution < -0.4 is 15.2 Å². The highest BCUT2D eigenvalue weighted by atomic mass is 32.2. The van der Waals surface area contributed by atoms with Gasteiger partial charge in [-0.25, -0.2) is 13.4 Å². The van der Waals surface area contributed by atoms with Gasteiger partial charge in [-0.05, 0) is 24.3 Å². The molecule has 7 heteroatoms. The van der Waals surface area contributed by atoms with Crippen LogP contribution in [0.15, 0.2) is 47.5 Å². The lowest BCUT2D eigenvalue weighted by Gasteiger charge is -2.11. The number of hydrogen-bond donors (Lipinski definition) is 2. The number of nitrogens with one attached hydrogen (secondary N) is 1. The average molecular weight is 279 g/mol. The molecule has 0 unspecified atom stereocenters. The predicted octanol–water partition coefficient (Wildman–Crippen LogP) is 1.47. The predicted molar refractivity (Wildman–Crippen MR) is 72.5 cm³/mol. The molecule has 1 aromatic heterocycles. The number of benzene rings is 1. The number of nitrogen functional groups attached to an aromatic ring is 1. The van der Waals surface area contributed by atoms with Gasteiger partial charge in [-0.3, -0.25) is 4.72 Å². The number of nitrogens with two attached hydrogens (primary N) is 1. The molecule has 0 fully saturated rings. The van der Waals surface area contributed by atoms with Gasteiger partial charge in [0.25, 0.3) is 10.0 Å². The Morgan fingerprint density at radius 3 is 2.58 bits per heavy atom. The van der Waals surface area contributed by atoms with E-state index in [-0.39, 0.29) is 10.6 Å². The molecule has 0 spiro atoms. The van der Waals surface area contributed by atoms with E-state index in [2.05, 4.69) is 9.71 Å². The molecular formula is C12H13N3O3S. The molecule has 0 aliphatic rings. The monoisotopic (exact) mass is 279 g/mol. The molecule has 0 saturated heterocycles. The van der Waals surface area contributed by atoms with Crippen molar-refractivity contribution in [3.63, 3.8) is 0 Å². The van der Waals surface area contributed by atoms with Crippen molar-refractivity contribution in [2.75, 3.05) is 17.6 Å². The minimum atomic E-state index is -3.72. The Bertz CT molecular complexity index is 669. The molecule has 0 aliphatic heterocycles. The van der Waals surface area contributed by atoms with Crippen molar-refractivity contribution in [1.82, 2.24) is 4.98 Å². The smallest absolute Gasteiger partial charge is 0.265 e. The molecule has 6 nitrogen and oxygen atoms in total. The molecule has 2 rings (SSSR count). The van der Waals surface area contributed by atoms with Crippen molar-refractivity contribution in [3.05, 3.63) is 42.6 Å². The van der Waals surface area contributed by atoms with Crippen LogP contribution in [0, 0.1) is 0 Å². The fourth-order valence-corrected chi connectivity index (χ4v) is 2.73. The number of hydrogen-bond acceptors (Lipinski definition) is 5. The van der Waals surface area contributed by atoms with Gasteiger partial charge in [-0.2, -0.15) is 0 Å². The zero-order chi connectivity index (χ0) is 13.9. The fourth-order valence-electron chi connectivity index (χ4n) is 1.52. The highest BCUT2D eigenvalue weighted by Crippen LogP contribution is 2.24. The van der Waals surface area contributed by atoms with Crippen LogP contribution in [0.2, 0.25) is 0 Å². The third kappa shape index (κ3) is 2.94. The van der Waals surface area contributed by atoms with Crippen LogP contribution >= 0.6 is 0 Å². The van der Waals surface area contributed by atoms with E-state index >= 15 is 0 Å². The normalized spacial score (nSPS) is 11.0.